The molecule has 1 fully saturated rings. The Labute approximate surface area is 120 Å². The van der Waals surface area contributed by atoms with E-state index in [-0.39, 0.29) is 10.6 Å². The summed E-state index contributed by atoms with van der Waals surface area (Å²) < 4.78 is 27.0. The lowest BCUT2D eigenvalue weighted by molar-refractivity contribution is 0.265. The molecule has 0 aliphatic carbocycles. The maximum absolute atomic E-state index is 12.2. The van der Waals surface area contributed by atoms with E-state index in [1.165, 1.54) is 18.5 Å². The van der Waals surface area contributed by atoms with Crippen LogP contribution in [0.25, 0.3) is 0 Å². The Hall–Kier alpha value is -1.18. The molecule has 1 aromatic rings. The van der Waals surface area contributed by atoms with Crippen LogP contribution in [0.3, 0.4) is 0 Å². The maximum Gasteiger partial charge on any atom is 0.244 e. The number of anilines is 1. The van der Waals surface area contributed by atoms with E-state index in [4.69, 9.17) is 5.73 Å². The van der Waals surface area contributed by atoms with Crippen LogP contribution in [-0.4, -0.2) is 44.0 Å². The molecule has 1 atom stereocenters. The second-order valence-electron chi connectivity index (χ2n) is 5.51. The van der Waals surface area contributed by atoms with E-state index in [1.807, 2.05) is 0 Å². The van der Waals surface area contributed by atoms with Gasteiger partial charge in [-0.3, -0.25) is 4.98 Å². The third-order valence-corrected chi connectivity index (χ3v) is 5.18. The zero-order chi connectivity index (χ0) is 14.8. The van der Waals surface area contributed by atoms with Crippen LogP contribution >= 0.6 is 0 Å². The summed E-state index contributed by atoms with van der Waals surface area (Å²) in [5, 5.41) is 0. The summed E-state index contributed by atoms with van der Waals surface area (Å²) in [6, 6.07) is 2.00. The van der Waals surface area contributed by atoms with Crippen LogP contribution in [0.5, 0.6) is 0 Å². The quantitative estimate of drug-likeness (QED) is 0.834. The molecule has 0 saturated carbocycles. The van der Waals surface area contributed by atoms with Gasteiger partial charge >= 0.3 is 0 Å². The highest BCUT2D eigenvalue weighted by molar-refractivity contribution is 7.89. The maximum atomic E-state index is 12.2. The Morgan fingerprint density at radius 3 is 2.90 bits per heavy atom. The van der Waals surface area contributed by atoms with Crippen molar-refractivity contribution in [1.29, 1.82) is 0 Å². The number of rotatable bonds is 5. The number of nitrogen functional groups attached to an aromatic ring is 1. The van der Waals surface area contributed by atoms with Gasteiger partial charge in [-0.1, -0.05) is 0 Å². The highest BCUT2D eigenvalue weighted by Gasteiger charge is 2.26. The summed E-state index contributed by atoms with van der Waals surface area (Å²) in [4.78, 5) is 6.23. The molecule has 0 radical (unpaired) electrons. The van der Waals surface area contributed by atoms with Crippen molar-refractivity contribution in [3.63, 3.8) is 0 Å². The van der Waals surface area contributed by atoms with E-state index in [0.29, 0.717) is 18.5 Å². The van der Waals surface area contributed by atoms with E-state index in [2.05, 4.69) is 28.5 Å². The largest absolute Gasteiger partial charge is 0.398 e. The second-order valence-corrected chi connectivity index (χ2v) is 7.24. The first-order valence-electron chi connectivity index (χ1n) is 6.83. The van der Waals surface area contributed by atoms with Gasteiger partial charge in [0.15, 0.2) is 0 Å². The van der Waals surface area contributed by atoms with Gasteiger partial charge in [0.2, 0.25) is 10.0 Å². The lowest BCUT2D eigenvalue weighted by atomic mass is 10.1. The highest BCUT2D eigenvalue weighted by atomic mass is 32.2. The van der Waals surface area contributed by atoms with E-state index < -0.39 is 10.0 Å². The van der Waals surface area contributed by atoms with Gasteiger partial charge in [-0.25, -0.2) is 13.1 Å². The third kappa shape index (κ3) is 3.47. The van der Waals surface area contributed by atoms with Crippen LogP contribution in [0, 0.1) is 5.92 Å². The molecule has 1 aliphatic rings. The Morgan fingerprint density at radius 2 is 2.30 bits per heavy atom. The normalized spacial score (nSPS) is 20.6. The lowest BCUT2D eigenvalue weighted by Gasteiger charge is -2.20. The van der Waals surface area contributed by atoms with Gasteiger partial charge in [-0.2, -0.15) is 0 Å². The number of hydrogen-bond donors (Lipinski definition) is 2. The second kappa shape index (κ2) is 6.07. The van der Waals surface area contributed by atoms with Crippen LogP contribution in [0.2, 0.25) is 0 Å². The molecule has 1 aliphatic heterocycles. The number of aromatic nitrogens is 1. The first-order valence-corrected chi connectivity index (χ1v) is 8.31. The van der Waals surface area contributed by atoms with Crippen molar-refractivity contribution in [3.8, 4) is 0 Å². The first-order chi connectivity index (χ1) is 9.40. The molecule has 0 amide bonds. The van der Waals surface area contributed by atoms with Crippen LogP contribution in [0.4, 0.5) is 5.69 Å². The lowest BCUT2D eigenvalue weighted by Crippen LogP contribution is -2.33. The molecule has 2 rings (SSSR count). The average molecular weight is 298 g/mol. The molecule has 3 N–H and O–H groups in total. The number of nitrogens with two attached hydrogens (primary N) is 1. The van der Waals surface area contributed by atoms with Crippen molar-refractivity contribution in [2.45, 2.75) is 31.2 Å². The van der Waals surface area contributed by atoms with Crippen LogP contribution in [-0.2, 0) is 10.0 Å². The molecular weight excluding hydrogens is 276 g/mol. The summed E-state index contributed by atoms with van der Waals surface area (Å²) in [5.41, 5.74) is 5.91. The van der Waals surface area contributed by atoms with Crippen molar-refractivity contribution >= 4 is 15.7 Å². The summed E-state index contributed by atoms with van der Waals surface area (Å²) in [6.07, 6.45) is 3.78. The number of sulfonamides is 1. The predicted octanol–water partition coefficient (Wildman–Crippen LogP) is 0.672. The van der Waals surface area contributed by atoms with Gasteiger partial charge in [0.25, 0.3) is 0 Å². The summed E-state index contributed by atoms with van der Waals surface area (Å²) >= 11 is 0. The summed E-state index contributed by atoms with van der Waals surface area (Å²) in [6.45, 7) is 6.72. The molecular formula is C13H22N4O2S. The Bertz CT molecular complexity index is 559. The van der Waals surface area contributed by atoms with Crippen molar-refractivity contribution in [2.75, 3.05) is 25.4 Å². The van der Waals surface area contributed by atoms with Crippen LogP contribution < -0.4 is 10.5 Å². The molecule has 1 aromatic heterocycles. The minimum Gasteiger partial charge on any atom is -0.398 e. The van der Waals surface area contributed by atoms with Gasteiger partial charge in [-0.05, 0) is 38.8 Å². The summed E-state index contributed by atoms with van der Waals surface area (Å²) in [5.74, 6) is 0.352. The molecule has 1 saturated heterocycles. The minimum absolute atomic E-state index is 0.0544. The number of pyridine rings is 1. The third-order valence-electron chi connectivity index (χ3n) is 3.72. The molecule has 0 spiro atoms. The zero-order valence-electron chi connectivity index (χ0n) is 11.9. The number of likely N-dealkylation sites (tertiary alicyclic amines) is 1. The van der Waals surface area contributed by atoms with Crippen LogP contribution in [0.1, 0.15) is 20.3 Å². The number of hydrogen-bond acceptors (Lipinski definition) is 5. The molecule has 112 valence electrons. The van der Waals surface area contributed by atoms with E-state index >= 15 is 0 Å². The topological polar surface area (TPSA) is 88.3 Å². The van der Waals surface area contributed by atoms with Crippen molar-refractivity contribution < 1.29 is 8.42 Å². The van der Waals surface area contributed by atoms with Gasteiger partial charge < -0.3 is 10.6 Å². The van der Waals surface area contributed by atoms with Gasteiger partial charge in [0.05, 0.1) is 5.69 Å². The fourth-order valence-electron chi connectivity index (χ4n) is 2.42. The molecule has 0 aromatic carbocycles. The number of nitrogens with one attached hydrogen (secondary N) is 1. The molecule has 6 nitrogen and oxygen atoms in total. The Kier molecular flexibility index (Phi) is 4.62. The fraction of sp³-hybridized carbons (Fsp3) is 0.615. The van der Waals surface area contributed by atoms with E-state index in [1.54, 1.807) is 0 Å². The summed E-state index contributed by atoms with van der Waals surface area (Å²) in [7, 11) is -3.57. The van der Waals surface area contributed by atoms with Gasteiger partial charge in [0.1, 0.15) is 4.90 Å². The molecule has 2 heterocycles. The zero-order valence-corrected chi connectivity index (χ0v) is 12.7. The predicted molar refractivity (Wildman–Crippen MR) is 78.7 cm³/mol. The first kappa shape index (κ1) is 15.2. The van der Waals surface area contributed by atoms with E-state index in [9.17, 15) is 8.42 Å². The molecule has 20 heavy (non-hydrogen) atoms. The van der Waals surface area contributed by atoms with Gasteiger partial charge in [-0.15, -0.1) is 0 Å². The monoisotopic (exact) mass is 298 g/mol. The molecule has 7 heteroatoms. The van der Waals surface area contributed by atoms with Crippen molar-refractivity contribution in [1.82, 2.24) is 14.6 Å². The highest BCUT2D eigenvalue weighted by Crippen LogP contribution is 2.20. The molecule has 1 unspecified atom stereocenters. The number of nitrogens with zero attached hydrogens (tertiary/aromatic N) is 2. The van der Waals surface area contributed by atoms with Crippen LogP contribution in [0.15, 0.2) is 23.4 Å². The Balaban J connectivity index is 1.96. The fourth-order valence-corrected chi connectivity index (χ4v) is 3.61. The SMILES string of the molecule is CC(C)N1CCC(CNS(=O)(=O)c2cnccc2N)C1. The standard InChI is InChI=1S/C13H22N4O2S/c1-10(2)17-6-4-11(9-17)7-16-20(18,19)13-8-15-5-3-12(13)14/h3,5,8,10-11,16H,4,6-7,9H2,1-2H3,(H2,14,15). The molecule has 0 bridgehead atoms. The Morgan fingerprint density at radius 1 is 1.55 bits per heavy atom. The average Bonchev–Trinajstić information content (AvgIpc) is 2.86. The van der Waals surface area contributed by atoms with Crippen molar-refractivity contribution in [3.05, 3.63) is 18.5 Å². The van der Waals surface area contributed by atoms with Crippen molar-refractivity contribution in [2.24, 2.45) is 5.92 Å². The minimum atomic E-state index is -3.57. The smallest absolute Gasteiger partial charge is 0.244 e. The van der Waals surface area contributed by atoms with Gasteiger partial charge in [0, 0.05) is 31.5 Å². The van der Waals surface area contributed by atoms with E-state index in [0.717, 1.165) is 19.5 Å².